The molecule has 0 N–H and O–H groups in total. The van der Waals surface area contributed by atoms with Gasteiger partial charge in [-0.3, -0.25) is 4.98 Å². The number of aromatic nitrogens is 2. The molecule has 2 fully saturated rings. The Morgan fingerprint density at radius 1 is 1.06 bits per heavy atom. The van der Waals surface area contributed by atoms with Crippen LogP contribution in [0, 0.1) is 24.4 Å². The maximum Gasteiger partial charge on any atom is 0.248 e. The lowest BCUT2D eigenvalue weighted by atomic mass is 9.98. The molecule has 34 heavy (non-hydrogen) atoms. The molecule has 12 heteroatoms. The van der Waals surface area contributed by atoms with E-state index < -0.39 is 44.3 Å². The minimum absolute atomic E-state index is 0.0340. The van der Waals surface area contributed by atoms with E-state index in [4.69, 9.17) is 4.74 Å². The second-order valence-electron chi connectivity index (χ2n) is 8.35. The van der Waals surface area contributed by atoms with Gasteiger partial charge in [0.2, 0.25) is 10.0 Å². The van der Waals surface area contributed by atoms with Crippen LogP contribution in [0.15, 0.2) is 41.4 Å². The topological polar surface area (TPSA) is 75.6 Å². The van der Waals surface area contributed by atoms with Gasteiger partial charge >= 0.3 is 0 Å². The van der Waals surface area contributed by atoms with Crippen molar-refractivity contribution >= 4 is 26.9 Å². The van der Waals surface area contributed by atoms with Crippen molar-refractivity contribution in [1.82, 2.24) is 14.3 Å². The highest BCUT2D eigenvalue weighted by Crippen LogP contribution is 2.41. The SMILES string of the molecule is Cc1ccc(F)c(S(=O)(=O)N2CCO[C@]23CCN(c2cnc4cc(F)c(F)cc4n2)C[C@H]3F)c1. The van der Waals surface area contributed by atoms with Gasteiger partial charge in [-0.15, -0.1) is 0 Å². The van der Waals surface area contributed by atoms with Crippen LogP contribution in [0.25, 0.3) is 11.0 Å². The van der Waals surface area contributed by atoms with Crippen LogP contribution in [0.1, 0.15) is 12.0 Å². The highest BCUT2D eigenvalue weighted by Gasteiger charge is 2.57. The number of piperidine rings is 1. The molecule has 5 rings (SSSR count). The van der Waals surface area contributed by atoms with Crippen LogP contribution in [0.3, 0.4) is 0 Å². The minimum Gasteiger partial charge on any atom is -0.355 e. The standard InChI is InChI=1S/C22H20F4N4O3S/c1-13-2-3-14(23)19(8-13)34(31,32)30-6-7-33-22(30)4-5-29(12-20(22)26)21-11-27-17-9-15(24)16(25)10-18(17)28-21/h2-3,8-11,20H,4-7,12H2,1H3/t20-,22+/m1/s1. The molecule has 2 aromatic carbocycles. The first-order valence-electron chi connectivity index (χ1n) is 10.6. The molecule has 2 saturated heterocycles. The highest BCUT2D eigenvalue weighted by atomic mass is 32.2. The summed E-state index contributed by atoms with van der Waals surface area (Å²) in [6.45, 7) is 1.35. The Labute approximate surface area is 193 Å². The fraction of sp³-hybridized carbons (Fsp3) is 0.364. The van der Waals surface area contributed by atoms with Gasteiger partial charge in [-0.1, -0.05) is 6.07 Å². The summed E-state index contributed by atoms with van der Waals surface area (Å²) in [6, 6.07) is 5.56. The average molecular weight is 496 g/mol. The molecule has 7 nitrogen and oxygen atoms in total. The van der Waals surface area contributed by atoms with E-state index in [9.17, 15) is 21.6 Å². The van der Waals surface area contributed by atoms with Crippen LogP contribution in [0.5, 0.6) is 0 Å². The second kappa shape index (κ2) is 8.14. The Morgan fingerprint density at radius 3 is 2.53 bits per heavy atom. The van der Waals surface area contributed by atoms with Gasteiger partial charge < -0.3 is 9.64 Å². The zero-order valence-corrected chi connectivity index (χ0v) is 18.8. The molecule has 2 aliphatic heterocycles. The molecular formula is C22H20F4N4O3S. The first-order valence-corrected chi connectivity index (χ1v) is 12.0. The smallest absolute Gasteiger partial charge is 0.248 e. The van der Waals surface area contributed by atoms with Crippen molar-refractivity contribution in [1.29, 1.82) is 0 Å². The molecule has 3 aromatic rings. The summed E-state index contributed by atoms with van der Waals surface area (Å²) in [5.41, 5.74) is -0.995. The van der Waals surface area contributed by atoms with E-state index >= 15 is 4.39 Å². The van der Waals surface area contributed by atoms with Crippen molar-refractivity contribution in [3.05, 3.63) is 59.5 Å². The normalized spacial score (nSPS) is 23.8. The van der Waals surface area contributed by atoms with Crippen molar-refractivity contribution < 1.29 is 30.7 Å². The van der Waals surface area contributed by atoms with Crippen LogP contribution in [-0.2, 0) is 14.8 Å². The molecule has 2 atom stereocenters. The van der Waals surface area contributed by atoms with Crippen molar-refractivity contribution in [2.45, 2.75) is 30.1 Å². The Balaban J connectivity index is 1.44. The van der Waals surface area contributed by atoms with Crippen molar-refractivity contribution in [3.63, 3.8) is 0 Å². The molecule has 0 aliphatic carbocycles. The molecule has 2 aliphatic rings. The van der Waals surface area contributed by atoms with Gasteiger partial charge in [-0.05, 0) is 24.6 Å². The third kappa shape index (κ3) is 3.60. The number of hydrogen-bond acceptors (Lipinski definition) is 6. The summed E-state index contributed by atoms with van der Waals surface area (Å²) in [5.74, 6) is -2.82. The first-order chi connectivity index (χ1) is 16.1. The lowest BCUT2D eigenvalue weighted by Gasteiger charge is -2.45. The third-order valence-corrected chi connectivity index (χ3v) is 8.17. The molecule has 1 spiro atoms. The van der Waals surface area contributed by atoms with E-state index in [-0.39, 0.29) is 49.5 Å². The molecule has 0 radical (unpaired) electrons. The molecule has 180 valence electrons. The third-order valence-electron chi connectivity index (χ3n) is 6.23. The predicted molar refractivity (Wildman–Crippen MR) is 115 cm³/mol. The Kier molecular flexibility index (Phi) is 5.49. The molecular weight excluding hydrogens is 476 g/mol. The predicted octanol–water partition coefficient (Wildman–Crippen LogP) is 3.32. The van der Waals surface area contributed by atoms with Crippen molar-refractivity contribution in [2.75, 3.05) is 31.1 Å². The number of rotatable bonds is 3. The summed E-state index contributed by atoms with van der Waals surface area (Å²) in [5, 5.41) is 0. The quantitative estimate of drug-likeness (QED) is 0.518. The zero-order chi connectivity index (χ0) is 24.3. The molecule has 0 saturated carbocycles. The van der Waals surface area contributed by atoms with Crippen LogP contribution < -0.4 is 4.90 Å². The number of benzene rings is 2. The number of ether oxygens (including phenoxy) is 1. The number of fused-ring (bicyclic) bond motifs is 1. The van der Waals surface area contributed by atoms with E-state index in [2.05, 4.69) is 9.97 Å². The number of hydrogen-bond donors (Lipinski definition) is 0. The Hall–Kier alpha value is -2.83. The summed E-state index contributed by atoms with van der Waals surface area (Å²) in [4.78, 5) is 9.33. The van der Waals surface area contributed by atoms with E-state index in [0.29, 0.717) is 5.56 Å². The van der Waals surface area contributed by atoms with Gasteiger partial charge in [-0.25, -0.2) is 31.0 Å². The van der Waals surface area contributed by atoms with Crippen LogP contribution in [0.4, 0.5) is 23.4 Å². The highest BCUT2D eigenvalue weighted by molar-refractivity contribution is 7.89. The van der Waals surface area contributed by atoms with E-state index in [1.54, 1.807) is 6.92 Å². The van der Waals surface area contributed by atoms with E-state index in [0.717, 1.165) is 22.5 Å². The zero-order valence-electron chi connectivity index (χ0n) is 18.0. The van der Waals surface area contributed by atoms with Gasteiger partial charge in [0.25, 0.3) is 0 Å². The number of halogens is 4. The maximum atomic E-state index is 15.7. The lowest BCUT2D eigenvalue weighted by Crippen LogP contribution is -2.62. The van der Waals surface area contributed by atoms with Crippen LogP contribution >= 0.6 is 0 Å². The molecule has 3 heterocycles. The largest absolute Gasteiger partial charge is 0.355 e. The molecule has 0 bridgehead atoms. The van der Waals surface area contributed by atoms with Crippen LogP contribution in [-0.4, -0.2) is 60.8 Å². The van der Waals surface area contributed by atoms with Gasteiger partial charge in [0.1, 0.15) is 16.5 Å². The van der Waals surface area contributed by atoms with E-state index in [1.165, 1.54) is 23.2 Å². The number of nitrogens with zero attached hydrogens (tertiary/aromatic N) is 4. The number of aryl methyl sites for hydroxylation is 1. The van der Waals surface area contributed by atoms with Gasteiger partial charge in [0.05, 0.1) is 30.4 Å². The summed E-state index contributed by atoms with van der Waals surface area (Å²) in [7, 11) is -4.38. The fourth-order valence-corrected chi connectivity index (χ4v) is 6.37. The number of anilines is 1. The summed E-state index contributed by atoms with van der Waals surface area (Å²) < 4.78 is 90.3. The Bertz CT molecular complexity index is 1390. The Morgan fingerprint density at radius 2 is 1.79 bits per heavy atom. The second-order valence-corrected chi connectivity index (χ2v) is 10.2. The van der Waals surface area contributed by atoms with Gasteiger partial charge in [0.15, 0.2) is 23.5 Å². The molecule has 0 amide bonds. The van der Waals surface area contributed by atoms with Crippen molar-refractivity contribution in [3.8, 4) is 0 Å². The van der Waals surface area contributed by atoms with Gasteiger partial charge in [-0.2, -0.15) is 4.31 Å². The van der Waals surface area contributed by atoms with Crippen LogP contribution in [0.2, 0.25) is 0 Å². The summed E-state index contributed by atoms with van der Waals surface area (Å²) in [6.07, 6.45) is -0.539. The fourth-order valence-electron chi connectivity index (χ4n) is 4.50. The minimum atomic E-state index is -4.38. The van der Waals surface area contributed by atoms with E-state index in [1.807, 2.05) is 0 Å². The number of sulfonamides is 1. The monoisotopic (exact) mass is 496 g/mol. The van der Waals surface area contributed by atoms with Crippen molar-refractivity contribution in [2.24, 2.45) is 0 Å². The maximum absolute atomic E-state index is 15.7. The lowest BCUT2D eigenvalue weighted by molar-refractivity contribution is -0.116. The summed E-state index contributed by atoms with van der Waals surface area (Å²) >= 11 is 0. The molecule has 1 aromatic heterocycles. The molecule has 0 unspecified atom stereocenters. The average Bonchev–Trinajstić information content (AvgIpc) is 3.23. The van der Waals surface area contributed by atoms with Gasteiger partial charge in [0, 0.05) is 31.6 Å². The first kappa shape index (κ1) is 22.9. The number of alkyl halides is 1.